The molecule has 20 heavy (non-hydrogen) atoms. The summed E-state index contributed by atoms with van der Waals surface area (Å²) >= 11 is 0. The predicted molar refractivity (Wildman–Crippen MR) is 67.2 cm³/mol. The number of nitrogens with zero attached hydrogens (tertiary/aromatic N) is 3. The van der Waals surface area contributed by atoms with Gasteiger partial charge in [-0.3, -0.25) is 4.90 Å². The molecule has 114 valence electrons. The van der Waals surface area contributed by atoms with Gasteiger partial charge in [-0.1, -0.05) is 19.0 Å². The van der Waals surface area contributed by atoms with Gasteiger partial charge >= 0.3 is 6.18 Å². The van der Waals surface area contributed by atoms with E-state index < -0.39 is 12.1 Å². The van der Waals surface area contributed by atoms with Crippen LogP contribution < -0.4 is 0 Å². The summed E-state index contributed by atoms with van der Waals surface area (Å²) in [6.07, 6.45) is -3.39. The normalized spacial score (nSPS) is 23.2. The highest BCUT2D eigenvalue weighted by atomic mass is 19.4. The highest BCUT2D eigenvalue weighted by Gasteiger charge is 2.43. The lowest BCUT2D eigenvalue weighted by Crippen LogP contribution is -2.42. The largest absolute Gasteiger partial charge is 0.393 e. The average molecular weight is 291 g/mol. The maximum atomic E-state index is 12.8. The van der Waals surface area contributed by atoms with Crippen LogP contribution in [0.1, 0.15) is 57.3 Å². The van der Waals surface area contributed by atoms with E-state index in [0.29, 0.717) is 24.7 Å². The number of hydrogen-bond donors (Lipinski definition) is 0. The second kappa shape index (κ2) is 5.71. The molecule has 0 aliphatic carbocycles. The van der Waals surface area contributed by atoms with Crippen molar-refractivity contribution in [1.29, 1.82) is 0 Å². The molecule has 0 bridgehead atoms. The van der Waals surface area contributed by atoms with E-state index in [1.54, 1.807) is 4.90 Å². The molecule has 0 saturated carbocycles. The highest BCUT2D eigenvalue weighted by Crippen LogP contribution is 2.35. The number of aromatic nitrogens is 2. The van der Waals surface area contributed by atoms with Crippen LogP contribution in [-0.4, -0.2) is 34.3 Å². The molecule has 1 aromatic heterocycles. The maximum Gasteiger partial charge on any atom is 0.393 e. The van der Waals surface area contributed by atoms with Crippen molar-refractivity contribution in [3.63, 3.8) is 0 Å². The van der Waals surface area contributed by atoms with Crippen molar-refractivity contribution in [2.75, 3.05) is 13.1 Å². The Morgan fingerprint density at radius 3 is 2.55 bits per heavy atom. The van der Waals surface area contributed by atoms with Gasteiger partial charge < -0.3 is 4.52 Å². The molecule has 1 aromatic rings. The molecule has 0 spiro atoms. The molecule has 2 atom stereocenters. The van der Waals surface area contributed by atoms with Crippen LogP contribution in [0.15, 0.2) is 4.52 Å². The molecule has 1 aliphatic heterocycles. The van der Waals surface area contributed by atoms with Gasteiger partial charge in [0, 0.05) is 12.5 Å². The van der Waals surface area contributed by atoms with Gasteiger partial charge in [0.2, 0.25) is 5.89 Å². The summed E-state index contributed by atoms with van der Waals surface area (Å²) in [4.78, 5) is 6.05. The summed E-state index contributed by atoms with van der Waals surface area (Å²) in [6, 6.07) is -0.278. The summed E-state index contributed by atoms with van der Waals surface area (Å²) in [6.45, 7) is 6.34. The lowest BCUT2D eigenvalue weighted by atomic mass is 9.96. The van der Waals surface area contributed by atoms with Crippen molar-refractivity contribution in [3.05, 3.63) is 11.7 Å². The number of alkyl halides is 3. The van der Waals surface area contributed by atoms with Crippen LogP contribution in [0.5, 0.6) is 0 Å². The lowest BCUT2D eigenvalue weighted by molar-refractivity contribution is -0.188. The van der Waals surface area contributed by atoms with Gasteiger partial charge in [0.25, 0.3) is 0 Å². The zero-order valence-corrected chi connectivity index (χ0v) is 11.9. The molecule has 0 radical (unpaired) electrons. The summed E-state index contributed by atoms with van der Waals surface area (Å²) in [5.41, 5.74) is 0. The number of piperidine rings is 1. The van der Waals surface area contributed by atoms with Crippen molar-refractivity contribution >= 4 is 0 Å². The van der Waals surface area contributed by atoms with Crippen LogP contribution in [0.3, 0.4) is 0 Å². The minimum Gasteiger partial charge on any atom is -0.338 e. The first-order valence-corrected chi connectivity index (χ1v) is 6.93. The van der Waals surface area contributed by atoms with Gasteiger partial charge in [0.15, 0.2) is 5.82 Å². The fraction of sp³-hybridized carbons (Fsp3) is 0.846. The third kappa shape index (κ3) is 3.31. The Kier molecular flexibility index (Phi) is 4.36. The number of likely N-dealkylation sites (tertiary alicyclic amines) is 1. The average Bonchev–Trinajstić information content (AvgIpc) is 2.87. The fourth-order valence-electron chi connectivity index (χ4n) is 2.43. The lowest BCUT2D eigenvalue weighted by Gasteiger charge is -2.36. The molecule has 2 heterocycles. The number of rotatable bonds is 3. The minimum atomic E-state index is -4.13. The monoisotopic (exact) mass is 291 g/mol. The molecule has 4 nitrogen and oxygen atoms in total. The summed E-state index contributed by atoms with van der Waals surface area (Å²) in [7, 11) is 0. The number of hydrogen-bond acceptors (Lipinski definition) is 4. The van der Waals surface area contributed by atoms with E-state index in [4.69, 9.17) is 4.52 Å². The molecule has 1 saturated heterocycles. The van der Waals surface area contributed by atoms with Crippen molar-refractivity contribution in [2.45, 2.75) is 51.7 Å². The zero-order chi connectivity index (χ0) is 14.9. The van der Waals surface area contributed by atoms with Crippen LogP contribution in [0.2, 0.25) is 0 Å². The molecule has 0 amide bonds. The van der Waals surface area contributed by atoms with Gasteiger partial charge in [-0.2, -0.15) is 18.2 Å². The Hall–Kier alpha value is -1.11. The quantitative estimate of drug-likeness (QED) is 0.854. The summed E-state index contributed by atoms with van der Waals surface area (Å²) in [5.74, 6) is -0.122. The van der Waals surface area contributed by atoms with Gasteiger partial charge in [0.05, 0.1) is 12.0 Å². The molecule has 2 rings (SSSR count). The van der Waals surface area contributed by atoms with Gasteiger partial charge in [-0.25, -0.2) is 0 Å². The topological polar surface area (TPSA) is 42.2 Å². The first-order chi connectivity index (χ1) is 9.29. The van der Waals surface area contributed by atoms with Crippen molar-refractivity contribution in [3.8, 4) is 0 Å². The molecule has 1 fully saturated rings. The van der Waals surface area contributed by atoms with Gasteiger partial charge in [-0.05, 0) is 26.3 Å². The van der Waals surface area contributed by atoms with E-state index in [2.05, 4.69) is 10.1 Å². The molecular weight excluding hydrogens is 271 g/mol. The first kappa shape index (κ1) is 15.3. The third-order valence-electron chi connectivity index (χ3n) is 3.79. The highest BCUT2D eigenvalue weighted by molar-refractivity contribution is 4.96. The Morgan fingerprint density at radius 1 is 1.30 bits per heavy atom. The predicted octanol–water partition coefficient (Wildman–Crippen LogP) is 3.53. The molecule has 0 aromatic carbocycles. The first-order valence-electron chi connectivity index (χ1n) is 6.93. The molecule has 7 heteroatoms. The Balaban J connectivity index is 2.06. The number of halogens is 3. The van der Waals surface area contributed by atoms with Crippen LogP contribution in [0, 0.1) is 5.92 Å². The van der Waals surface area contributed by atoms with E-state index in [1.165, 1.54) is 0 Å². The standard InChI is InChI=1S/C13H20F3N3O/c1-8(2)11-17-12(20-18-11)9(3)19-6-4-5-10(7-19)13(14,15)16/h8-10H,4-7H2,1-3H3/t9-,10-/m1/s1. The van der Waals surface area contributed by atoms with E-state index in [1.807, 2.05) is 20.8 Å². The Morgan fingerprint density at radius 2 is 2.00 bits per heavy atom. The molecule has 0 unspecified atom stereocenters. The fourth-order valence-corrected chi connectivity index (χ4v) is 2.43. The summed E-state index contributed by atoms with van der Waals surface area (Å²) < 4.78 is 43.6. The SMILES string of the molecule is CC(C)c1noc([C@@H](C)N2CCC[C@@H](C(F)(F)F)C2)n1. The summed E-state index contributed by atoms with van der Waals surface area (Å²) in [5, 5.41) is 3.86. The molecule has 0 N–H and O–H groups in total. The van der Waals surface area contributed by atoms with Gasteiger partial charge in [-0.15, -0.1) is 0 Å². The van der Waals surface area contributed by atoms with Crippen molar-refractivity contribution in [2.24, 2.45) is 5.92 Å². The van der Waals surface area contributed by atoms with E-state index in [0.717, 1.165) is 0 Å². The van der Waals surface area contributed by atoms with Crippen LogP contribution in [0.25, 0.3) is 0 Å². The van der Waals surface area contributed by atoms with Crippen LogP contribution in [0.4, 0.5) is 13.2 Å². The van der Waals surface area contributed by atoms with E-state index in [9.17, 15) is 13.2 Å². The zero-order valence-electron chi connectivity index (χ0n) is 11.9. The van der Waals surface area contributed by atoms with Crippen LogP contribution >= 0.6 is 0 Å². The molecular formula is C13H20F3N3O. The molecule has 1 aliphatic rings. The third-order valence-corrected chi connectivity index (χ3v) is 3.79. The van der Waals surface area contributed by atoms with E-state index >= 15 is 0 Å². The van der Waals surface area contributed by atoms with E-state index in [-0.39, 0.29) is 24.9 Å². The van der Waals surface area contributed by atoms with Crippen LogP contribution in [-0.2, 0) is 0 Å². The smallest absolute Gasteiger partial charge is 0.338 e. The maximum absolute atomic E-state index is 12.8. The van der Waals surface area contributed by atoms with Crippen molar-refractivity contribution in [1.82, 2.24) is 15.0 Å². The Labute approximate surface area is 116 Å². The second-order valence-electron chi connectivity index (χ2n) is 5.70. The second-order valence-corrected chi connectivity index (χ2v) is 5.70. The minimum absolute atomic E-state index is 0.00403. The Bertz CT molecular complexity index is 444. The van der Waals surface area contributed by atoms with Gasteiger partial charge in [0.1, 0.15) is 0 Å². The van der Waals surface area contributed by atoms with Crippen molar-refractivity contribution < 1.29 is 17.7 Å².